The molecule has 2 unspecified atom stereocenters. The van der Waals surface area contributed by atoms with Crippen molar-refractivity contribution in [3.63, 3.8) is 0 Å². The van der Waals surface area contributed by atoms with Crippen LogP contribution in [0, 0.1) is 5.92 Å². The van der Waals surface area contributed by atoms with E-state index in [4.69, 9.17) is 4.74 Å². The summed E-state index contributed by atoms with van der Waals surface area (Å²) in [6.45, 7) is 1.90. The molecule has 15 heavy (non-hydrogen) atoms. The molecule has 2 atom stereocenters. The zero-order valence-electron chi connectivity index (χ0n) is 8.87. The van der Waals surface area contributed by atoms with Crippen molar-refractivity contribution >= 4 is 15.9 Å². The first-order valence-corrected chi connectivity index (χ1v) is 6.12. The lowest BCUT2D eigenvalue weighted by atomic mass is 9.95. The van der Waals surface area contributed by atoms with Gasteiger partial charge in [-0.05, 0) is 31.2 Å². The van der Waals surface area contributed by atoms with Crippen LogP contribution in [0.1, 0.15) is 18.1 Å². The maximum atomic E-state index is 5.80. The second-order valence-electron chi connectivity index (χ2n) is 3.95. The minimum Gasteiger partial charge on any atom is -0.373 e. The van der Waals surface area contributed by atoms with E-state index < -0.39 is 0 Å². The minimum atomic E-state index is 0.259. The molecule has 0 radical (unpaired) electrons. The van der Waals surface area contributed by atoms with Crippen molar-refractivity contribution in [1.29, 1.82) is 0 Å². The molecule has 1 saturated heterocycles. The molecular weight excluding hydrogens is 254 g/mol. The van der Waals surface area contributed by atoms with E-state index >= 15 is 0 Å². The second-order valence-corrected chi connectivity index (χ2v) is 4.87. The van der Waals surface area contributed by atoms with Gasteiger partial charge in [-0.25, -0.2) is 0 Å². The van der Waals surface area contributed by atoms with E-state index in [0.717, 1.165) is 24.0 Å². The molecule has 1 fully saturated rings. The van der Waals surface area contributed by atoms with Crippen molar-refractivity contribution in [3.8, 4) is 0 Å². The van der Waals surface area contributed by atoms with Crippen LogP contribution in [0.3, 0.4) is 0 Å². The molecular formula is C12H16BrNO. The van der Waals surface area contributed by atoms with Crippen molar-refractivity contribution in [2.45, 2.75) is 12.5 Å². The molecule has 0 bridgehead atoms. The third-order valence-electron chi connectivity index (χ3n) is 2.86. The zero-order chi connectivity index (χ0) is 10.7. The SMILES string of the molecule is CNCC1CCOC1c1cccc(Br)c1. The fourth-order valence-electron chi connectivity index (χ4n) is 2.16. The lowest BCUT2D eigenvalue weighted by Crippen LogP contribution is -2.21. The van der Waals surface area contributed by atoms with Crippen molar-refractivity contribution in [2.24, 2.45) is 5.92 Å². The maximum Gasteiger partial charge on any atom is 0.0866 e. The molecule has 2 nitrogen and oxygen atoms in total. The van der Waals surface area contributed by atoms with Gasteiger partial charge in [0.15, 0.2) is 0 Å². The Bertz CT molecular complexity index is 329. The number of ether oxygens (including phenoxy) is 1. The van der Waals surface area contributed by atoms with Gasteiger partial charge in [0.05, 0.1) is 6.10 Å². The summed E-state index contributed by atoms with van der Waals surface area (Å²) >= 11 is 3.50. The maximum absolute atomic E-state index is 5.80. The summed E-state index contributed by atoms with van der Waals surface area (Å²) in [7, 11) is 2.00. The molecule has 0 aromatic heterocycles. The van der Waals surface area contributed by atoms with Gasteiger partial charge in [0.25, 0.3) is 0 Å². The predicted molar refractivity (Wildman–Crippen MR) is 64.9 cm³/mol. The number of halogens is 1. The molecule has 0 saturated carbocycles. The van der Waals surface area contributed by atoms with Gasteiger partial charge in [-0.2, -0.15) is 0 Å². The van der Waals surface area contributed by atoms with Crippen LogP contribution >= 0.6 is 15.9 Å². The largest absolute Gasteiger partial charge is 0.373 e. The van der Waals surface area contributed by atoms with E-state index in [2.05, 4.69) is 39.4 Å². The van der Waals surface area contributed by atoms with Crippen LogP contribution in [-0.2, 0) is 4.74 Å². The van der Waals surface area contributed by atoms with E-state index in [9.17, 15) is 0 Å². The first kappa shape index (κ1) is 11.1. The molecule has 0 amide bonds. The van der Waals surface area contributed by atoms with Crippen LogP contribution in [0.25, 0.3) is 0 Å². The Kier molecular flexibility index (Phi) is 3.78. The van der Waals surface area contributed by atoms with E-state index in [0.29, 0.717) is 5.92 Å². The summed E-state index contributed by atoms with van der Waals surface area (Å²) in [4.78, 5) is 0. The molecule has 3 heteroatoms. The fourth-order valence-corrected chi connectivity index (χ4v) is 2.57. The Labute approximate surface area is 99.1 Å². The highest BCUT2D eigenvalue weighted by molar-refractivity contribution is 9.10. The van der Waals surface area contributed by atoms with E-state index in [1.807, 2.05) is 13.1 Å². The van der Waals surface area contributed by atoms with E-state index in [1.54, 1.807) is 0 Å². The molecule has 1 aromatic carbocycles. The monoisotopic (exact) mass is 269 g/mol. The van der Waals surface area contributed by atoms with Crippen molar-refractivity contribution in [1.82, 2.24) is 5.32 Å². The molecule has 1 heterocycles. The molecule has 0 aliphatic carbocycles. The number of benzene rings is 1. The highest BCUT2D eigenvalue weighted by Gasteiger charge is 2.28. The Balaban J connectivity index is 2.15. The molecule has 1 aromatic rings. The van der Waals surface area contributed by atoms with Gasteiger partial charge in [0.1, 0.15) is 0 Å². The summed E-state index contributed by atoms with van der Waals surface area (Å²) in [6, 6.07) is 8.41. The van der Waals surface area contributed by atoms with Crippen LogP contribution in [0.5, 0.6) is 0 Å². The van der Waals surface area contributed by atoms with E-state index in [-0.39, 0.29) is 6.10 Å². The second kappa shape index (κ2) is 5.10. The topological polar surface area (TPSA) is 21.3 Å². The smallest absolute Gasteiger partial charge is 0.0866 e. The quantitative estimate of drug-likeness (QED) is 0.911. The predicted octanol–water partition coefficient (Wildman–Crippen LogP) is 2.75. The van der Waals surface area contributed by atoms with Crippen LogP contribution in [-0.4, -0.2) is 20.2 Å². The Morgan fingerprint density at radius 1 is 1.53 bits per heavy atom. The third kappa shape index (κ3) is 2.60. The highest BCUT2D eigenvalue weighted by Crippen LogP contribution is 2.34. The number of hydrogen-bond donors (Lipinski definition) is 1. The summed E-state index contributed by atoms with van der Waals surface area (Å²) in [5, 5.41) is 3.23. The molecule has 82 valence electrons. The van der Waals surface area contributed by atoms with Gasteiger partial charge in [-0.3, -0.25) is 0 Å². The van der Waals surface area contributed by atoms with Crippen molar-refractivity contribution in [2.75, 3.05) is 20.2 Å². The first-order chi connectivity index (χ1) is 7.31. The lowest BCUT2D eigenvalue weighted by molar-refractivity contribution is 0.0909. The van der Waals surface area contributed by atoms with Crippen LogP contribution in [0.4, 0.5) is 0 Å². The highest BCUT2D eigenvalue weighted by atomic mass is 79.9. The molecule has 1 aliphatic rings. The normalized spacial score (nSPS) is 25.7. The summed E-state index contributed by atoms with van der Waals surface area (Å²) < 4.78 is 6.92. The zero-order valence-corrected chi connectivity index (χ0v) is 10.5. The van der Waals surface area contributed by atoms with Crippen LogP contribution in [0.2, 0.25) is 0 Å². The van der Waals surface area contributed by atoms with E-state index in [1.165, 1.54) is 5.56 Å². The van der Waals surface area contributed by atoms with Gasteiger partial charge in [0, 0.05) is 23.5 Å². The van der Waals surface area contributed by atoms with Gasteiger partial charge < -0.3 is 10.1 Å². The molecule has 1 N–H and O–H groups in total. The first-order valence-electron chi connectivity index (χ1n) is 5.33. The van der Waals surface area contributed by atoms with Gasteiger partial charge in [-0.1, -0.05) is 28.1 Å². The van der Waals surface area contributed by atoms with Crippen molar-refractivity contribution in [3.05, 3.63) is 34.3 Å². The lowest BCUT2D eigenvalue weighted by Gasteiger charge is -2.18. The minimum absolute atomic E-state index is 0.259. The van der Waals surface area contributed by atoms with Crippen LogP contribution < -0.4 is 5.32 Å². The van der Waals surface area contributed by atoms with Gasteiger partial charge in [-0.15, -0.1) is 0 Å². The van der Waals surface area contributed by atoms with Crippen LogP contribution in [0.15, 0.2) is 28.7 Å². The summed E-state index contributed by atoms with van der Waals surface area (Å²) in [6.07, 6.45) is 1.41. The summed E-state index contributed by atoms with van der Waals surface area (Å²) in [5.41, 5.74) is 1.28. The fraction of sp³-hybridized carbons (Fsp3) is 0.500. The Morgan fingerprint density at radius 2 is 2.40 bits per heavy atom. The number of rotatable bonds is 3. The summed E-state index contributed by atoms with van der Waals surface area (Å²) in [5.74, 6) is 0.601. The molecule has 0 spiro atoms. The van der Waals surface area contributed by atoms with Gasteiger partial charge >= 0.3 is 0 Å². The Morgan fingerprint density at radius 3 is 3.13 bits per heavy atom. The standard InChI is InChI=1S/C12H16BrNO/c1-14-8-10-5-6-15-12(10)9-3-2-4-11(13)7-9/h2-4,7,10,12,14H,5-6,8H2,1H3. The number of nitrogens with one attached hydrogen (secondary N) is 1. The van der Waals surface area contributed by atoms with Gasteiger partial charge in [0.2, 0.25) is 0 Å². The molecule has 1 aliphatic heterocycles. The van der Waals surface area contributed by atoms with Crippen molar-refractivity contribution < 1.29 is 4.74 Å². The average molecular weight is 270 g/mol. The molecule has 2 rings (SSSR count). The third-order valence-corrected chi connectivity index (χ3v) is 3.35. The number of hydrogen-bond acceptors (Lipinski definition) is 2. The average Bonchev–Trinajstić information content (AvgIpc) is 2.66. The Hall–Kier alpha value is -0.380.